The Balaban J connectivity index is 1.38. The van der Waals surface area contributed by atoms with Gasteiger partial charge in [-0.2, -0.15) is 0 Å². The normalized spacial score (nSPS) is 18.2. The van der Waals surface area contributed by atoms with Gasteiger partial charge in [0.15, 0.2) is 11.6 Å². The van der Waals surface area contributed by atoms with Crippen LogP contribution >= 0.6 is 0 Å². The summed E-state index contributed by atoms with van der Waals surface area (Å²) in [6, 6.07) is 7.27. The molecule has 0 amide bonds. The van der Waals surface area contributed by atoms with Gasteiger partial charge in [-0.05, 0) is 24.6 Å². The second-order valence-electron chi connectivity index (χ2n) is 7.46. The minimum Gasteiger partial charge on any atom is -0.494 e. The number of benzene rings is 1. The fraction of sp³-hybridized carbons (Fsp3) is 0.524. The van der Waals surface area contributed by atoms with Gasteiger partial charge in [-0.15, -0.1) is 0 Å². The average molecular weight is 401 g/mol. The number of aromatic nitrogens is 2. The number of methoxy groups -OCH3 is 1. The van der Waals surface area contributed by atoms with Gasteiger partial charge in [0.2, 0.25) is 0 Å². The number of anilines is 2. The number of aryl methyl sites for hydroxylation is 1. The summed E-state index contributed by atoms with van der Waals surface area (Å²) in [5.41, 5.74) is 0.962. The van der Waals surface area contributed by atoms with E-state index in [0.29, 0.717) is 0 Å². The molecule has 0 aliphatic carbocycles. The fourth-order valence-electron chi connectivity index (χ4n) is 3.85. The lowest BCUT2D eigenvalue weighted by Crippen LogP contribution is -2.46. The van der Waals surface area contributed by atoms with Crippen LogP contribution in [0.25, 0.3) is 0 Å². The lowest BCUT2D eigenvalue weighted by atomic mass is 10.2. The van der Waals surface area contributed by atoms with Crippen molar-refractivity contribution in [2.24, 2.45) is 0 Å². The summed E-state index contributed by atoms with van der Waals surface area (Å²) in [6.07, 6.45) is 0. The molecule has 0 atom stereocenters. The molecule has 1 aromatic carbocycles. The Hall–Kier alpha value is -2.45. The van der Waals surface area contributed by atoms with Crippen LogP contribution in [0.3, 0.4) is 0 Å². The Morgan fingerprint density at radius 1 is 0.966 bits per heavy atom. The van der Waals surface area contributed by atoms with Crippen molar-refractivity contribution in [2.45, 2.75) is 13.5 Å². The summed E-state index contributed by atoms with van der Waals surface area (Å²) in [5.74, 6) is 2.73. The van der Waals surface area contributed by atoms with Gasteiger partial charge in [0, 0.05) is 51.9 Å². The number of hydrogen-bond donors (Lipinski definition) is 0. The van der Waals surface area contributed by atoms with E-state index in [1.54, 1.807) is 12.1 Å². The third-order valence-electron chi connectivity index (χ3n) is 5.46. The van der Waals surface area contributed by atoms with Crippen molar-refractivity contribution in [2.75, 3.05) is 69.4 Å². The van der Waals surface area contributed by atoms with E-state index in [9.17, 15) is 4.39 Å². The summed E-state index contributed by atoms with van der Waals surface area (Å²) in [7, 11) is 1.48. The Labute approximate surface area is 171 Å². The quantitative estimate of drug-likeness (QED) is 0.760. The minimum atomic E-state index is -0.310. The van der Waals surface area contributed by atoms with E-state index in [4.69, 9.17) is 9.47 Å². The van der Waals surface area contributed by atoms with E-state index in [-0.39, 0.29) is 11.6 Å². The monoisotopic (exact) mass is 401 g/mol. The van der Waals surface area contributed by atoms with E-state index in [0.717, 1.165) is 82.1 Å². The first-order valence-corrected chi connectivity index (χ1v) is 10.1. The van der Waals surface area contributed by atoms with Crippen LogP contribution in [-0.4, -0.2) is 74.5 Å². The zero-order valence-electron chi connectivity index (χ0n) is 17.1. The van der Waals surface area contributed by atoms with Crippen molar-refractivity contribution in [1.29, 1.82) is 0 Å². The van der Waals surface area contributed by atoms with E-state index in [1.807, 2.05) is 13.0 Å². The Kier molecular flexibility index (Phi) is 6.10. The van der Waals surface area contributed by atoms with Crippen molar-refractivity contribution < 1.29 is 13.9 Å². The van der Waals surface area contributed by atoms with Crippen LogP contribution in [0, 0.1) is 12.7 Å². The van der Waals surface area contributed by atoms with Gasteiger partial charge in [0.25, 0.3) is 0 Å². The molecule has 2 aliphatic rings. The maximum atomic E-state index is 13.9. The predicted octanol–water partition coefficient (Wildman–Crippen LogP) is 2.09. The third kappa shape index (κ3) is 4.76. The average Bonchev–Trinajstić information content (AvgIpc) is 2.75. The summed E-state index contributed by atoms with van der Waals surface area (Å²) >= 11 is 0. The van der Waals surface area contributed by atoms with Crippen LogP contribution in [0.5, 0.6) is 5.75 Å². The van der Waals surface area contributed by atoms with Crippen molar-refractivity contribution in [3.8, 4) is 5.75 Å². The highest BCUT2D eigenvalue weighted by molar-refractivity contribution is 5.51. The summed E-state index contributed by atoms with van der Waals surface area (Å²) in [6.45, 7) is 9.47. The molecule has 0 spiro atoms. The predicted molar refractivity (Wildman–Crippen MR) is 110 cm³/mol. The molecule has 0 radical (unpaired) electrons. The fourth-order valence-corrected chi connectivity index (χ4v) is 3.85. The van der Waals surface area contributed by atoms with Gasteiger partial charge >= 0.3 is 0 Å². The van der Waals surface area contributed by atoms with Gasteiger partial charge in [-0.25, -0.2) is 14.4 Å². The van der Waals surface area contributed by atoms with Gasteiger partial charge in [-0.3, -0.25) is 4.90 Å². The molecule has 2 aliphatic heterocycles. The van der Waals surface area contributed by atoms with Gasteiger partial charge in [0.05, 0.1) is 20.3 Å². The summed E-state index contributed by atoms with van der Waals surface area (Å²) in [4.78, 5) is 16.2. The molecule has 7 nitrogen and oxygen atoms in total. The van der Waals surface area contributed by atoms with Crippen molar-refractivity contribution in [3.63, 3.8) is 0 Å². The molecule has 4 rings (SSSR count). The highest BCUT2D eigenvalue weighted by atomic mass is 19.1. The number of hydrogen-bond acceptors (Lipinski definition) is 7. The first-order chi connectivity index (χ1) is 14.1. The SMILES string of the molecule is COc1ccc(CN2CCN(c3cc(N4CCOCC4)nc(C)n3)CC2)cc1F. The molecule has 0 N–H and O–H groups in total. The van der Waals surface area contributed by atoms with Crippen LogP contribution in [0.2, 0.25) is 0 Å². The van der Waals surface area contributed by atoms with Crippen LogP contribution in [-0.2, 0) is 11.3 Å². The molecule has 156 valence electrons. The smallest absolute Gasteiger partial charge is 0.165 e. The van der Waals surface area contributed by atoms with Gasteiger partial charge in [-0.1, -0.05) is 6.07 Å². The second-order valence-corrected chi connectivity index (χ2v) is 7.46. The molecular weight excluding hydrogens is 373 g/mol. The second kappa shape index (κ2) is 8.92. The minimum absolute atomic E-state index is 0.286. The van der Waals surface area contributed by atoms with Crippen molar-refractivity contribution in [1.82, 2.24) is 14.9 Å². The lowest BCUT2D eigenvalue weighted by Gasteiger charge is -2.36. The third-order valence-corrected chi connectivity index (χ3v) is 5.46. The number of piperazine rings is 1. The number of halogens is 1. The zero-order valence-corrected chi connectivity index (χ0v) is 17.1. The number of morpholine rings is 1. The van der Waals surface area contributed by atoms with E-state index in [2.05, 4.69) is 30.7 Å². The summed E-state index contributed by atoms with van der Waals surface area (Å²) < 4.78 is 24.4. The topological polar surface area (TPSA) is 54.0 Å². The maximum absolute atomic E-state index is 13.9. The number of rotatable bonds is 5. The van der Waals surface area contributed by atoms with Gasteiger partial charge < -0.3 is 19.3 Å². The molecule has 0 saturated carbocycles. The molecule has 29 heavy (non-hydrogen) atoms. The molecule has 8 heteroatoms. The zero-order chi connectivity index (χ0) is 20.2. The molecule has 3 heterocycles. The largest absolute Gasteiger partial charge is 0.494 e. The number of nitrogens with zero attached hydrogens (tertiary/aromatic N) is 5. The molecule has 0 unspecified atom stereocenters. The summed E-state index contributed by atoms with van der Waals surface area (Å²) in [5, 5.41) is 0. The van der Waals surface area contributed by atoms with Gasteiger partial charge in [0.1, 0.15) is 17.5 Å². The number of ether oxygens (including phenoxy) is 2. The highest BCUT2D eigenvalue weighted by Gasteiger charge is 2.21. The Morgan fingerprint density at radius 3 is 2.24 bits per heavy atom. The highest BCUT2D eigenvalue weighted by Crippen LogP contribution is 2.23. The molecular formula is C21H28FN5O2. The molecule has 2 saturated heterocycles. The lowest BCUT2D eigenvalue weighted by molar-refractivity contribution is 0.122. The molecule has 1 aromatic heterocycles. The van der Waals surface area contributed by atoms with Crippen molar-refractivity contribution >= 4 is 11.6 Å². The maximum Gasteiger partial charge on any atom is 0.165 e. The van der Waals surface area contributed by atoms with E-state index >= 15 is 0 Å². The van der Waals surface area contributed by atoms with Crippen LogP contribution < -0.4 is 14.5 Å². The molecule has 2 fully saturated rings. The van der Waals surface area contributed by atoms with Crippen LogP contribution in [0.1, 0.15) is 11.4 Å². The first-order valence-electron chi connectivity index (χ1n) is 10.1. The van der Waals surface area contributed by atoms with E-state index in [1.165, 1.54) is 7.11 Å². The van der Waals surface area contributed by atoms with Crippen molar-refractivity contribution in [3.05, 3.63) is 41.5 Å². The van der Waals surface area contributed by atoms with Crippen LogP contribution in [0.4, 0.5) is 16.0 Å². The van der Waals surface area contributed by atoms with E-state index < -0.39 is 0 Å². The Morgan fingerprint density at radius 2 is 1.62 bits per heavy atom. The standard InChI is InChI=1S/C21H28FN5O2/c1-16-23-20(14-21(24-16)27-9-11-29-12-10-27)26-7-5-25(6-8-26)15-17-3-4-19(28-2)18(22)13-17/h3-4,13-14H,5-12,15H2,1-2H3. The Bertz CT molecular complexity index is 836. The molecule has 0 bridgehead atoms. The van der Waals surface area contributed by atoms with Crippen LogP contribution in [0.15, 0.2) is 24.3 Å². The first kappa shape index (κ1) is 19.8. The molecule has 2 aromatic rings.